The van der Waals surface area contributed by atoms with E-state index in [0.29, 0.717) is 5.92 Å². The van der Waals surface area contributed by atoms with Crippen molar-refractivity contribution in [2.75, 3.05) is 0 Å². The maximum absolute atomic E-state index is 5.33. The molecular formula is C12H10N2. The Labute approximate surface area is 82.4 Å². The average Bonchev–Trinajstić information content (AvgIpc) is 2.97. The minimum absolute atomic E-state index is 0.664. The second kappa shape index (κ2) is 2.62. The number of aromatic nitrogens is 2. The van der Waals surface area contributed by atoms with E-state index in [2.05, 4.69) is 15.9 Å². The Balaban J connectivity index is 2.18. The number of rotatable bonds is 1. The van der Waals surface area contributed by atoms with Gasteiger partial charge in [-0.2, -0.15) is 0 Å². The average molecular weight is 182 g/mol. The lowest BCUT2D eigenvalue weighted by molar-refractivity contribution is 0.986. The normalized spacial score (nSPS) is 15.6. The van der Waals surface area contributed by atoms with Gasteiger partial charge in [0.15, 0.2) is 0 Å². The summed E-state index contributed by atoms with van der Waals surface area (Å²) in [5, 5.41) is 0. The van der Waals surface area contributed by atoms with E-state index in [1.807, 2.05) is 18.2 Å². The van der Waals surface area contributed by atoms with Crippen LogP contribution >= 0.6 is 0 Å². The Morgan fingerprint density at radius 2 is 2.29 bits per heavy atom. The highest BCUT2D eigenvalue weighted by Gasteiger charge is 2.26. The molecule has 1 aliphatic carbocycles. The summed E-state index contributed by atoms with van der Waals surface area (Å²) in [5.41, 5.74) is 2.97. The van der Waals surface area contributed by atoms with Crippen LogP contribution in [0.3, 0.4) is 0 Å². The highest BCUT2D eigenvalue weighted by atomic mass is 14.9. The summed E-state index contributed by atoms with van der Waals surface area (Å²) in [6.07, 6.45) is 7.86. The number of nitrogens with zero attached hydrogens (tertiary/aromatic N) is 1. The van der Waals surface area contributed by atoms with E-state index < -0.39 is 0 Å². The number of hydrogen-bond acceptors (Lipinski definition) is 1. The number of terminal acetylenes is 1. The molecule has 0 amide bonds. The van der Waals surface area contributed by atoms with Gasteiger partial charge in [0.2, 0.25) is 0 Å². The van der Waals surface area contributed by atoms with Crippen LogP contribution in [0, 0.1) is 12.3 Å². The smallest absolute Gasteiger partial charge is 0.110 e. The minimum atomic E-state index is 0.664. The molecule has 0 spiro atoms. The molecule has 0 unspecified atom stereocenters. The van der Waals surface area contributed by atoms with Crippen LogP contribution in [0.25, 0.3) is 11.0 Å². The van der Waals surface area contributed by atoms with Crippen LogP contribution in [0.4, 0.5) is 0 Å². The Hall–Kier alpha value is -1.75. The molecule has 1 saturated carbocycles. The van der Waals surface area contributed by atoms with Crippen molar-refractivity contribution < 1.29 is 0 Å². The van der Waals surface area contributed by atoms with Crippen molar-refractivity contribution in [1.29, 1.82) is 0 Å². The van der Waals surface area contributed by atoms with E-state index in [9.17, 15) is 0 Å². The predicted molar refractivity (Wildman–Crippen MR) is 56.0 cm³/mol. The zero-order valence-electron chi connectivity index (χ0n) is 7.75. The highest BCUT2D eigenvalue weighted by molar-refractivity contribution is 5.77. The maximum atomic E-state index is 5.33. The van der Waals surface area contributed by atoms with Gasteiger partial charge in [0.1, 0.15) is 5.82 Å². The van der Waals surface area contributed by atoms with E-state index in [4.69, 9.17) is 6.42 Å². The van der Waals surface area contributed by atoms with Crippen molar-refractivity contribution in [2.45, 2.75) is 18.8 Å². The van der Waals surface area contributed by atoms with Gasteiger partial charge in [-0.05, 0) is 31.0 Å². The van der Waals surface area contributed by atoms with E-state index in [-0.39, 0.29) is 0 Å². The molecule has 0 radical (unpaired) electrons. The van der Waals surface area contributed by atoms with Gasteiger partial charge in [-0.15, -0.1) is 6.42 Å². The van der Waals surface area contributed by atoms with E-state index in [1.165, 1.54) is 12.8 Å². The highest BCUT2D eigenvalue weighted by Crippen LogP contribution is 2.38. The van der Waals surface area contributed by atoms with Crippen LogP contribution in [0.5, 0.6) is 0 Å². The van der Waals surface area contributed by atoms with Gasteiger partial charge < -0.3 is 4.98 Å². The molecule has 1 heterocycles. The third-order valence-corrected chi connectivity index (χ3v) is 2.63. The Kier molecular flexibility index (Phi) is 1.43. The van der Waals surface area contributed by atoms with Gasteiger partial charge in [-0.3, -0.25) is 0 Å². The molecule has 0 saturated heterocycles. The summed E-state index contributed by atoms with van der Waals surface area (Å²) in [7, 11) is 0. The molecule has 68 valence electrons. The summed E-state index contributed by atoms with van der Waals surface area (Å²) < 4.78 is 0. The van der Waals surface area contributed by atoms with Crippen molar-refractivity contribution in [2.24, 2.45) is 0 Å². The first kappa shape index (κ1) is 7.64. The molecule has 1 N–H and O–H groups in total. The van der Waals surface area contributed by atoms with Crippen LogP contribution < -0.4 is 0 Å². The zero-order valence-corrected chi connectivity index (χ0v) is 7.75. The summed E-state index contributed by atoms with van der Waals surface area (Å²) in [4.78, 5) is 7.86. The summed E-state index contributed by atoms with van der Waals surface area (Å²) in [5.74, 6) is 4.40. The second-order valence-electron chi connectivity index (χ2n) is 3.77. The van der Waals surface area contributed by atoms with Gasteiger partial charge in [-0.25, -0.2) is 4.98 Å². The molecule has 1 aromatic heterocycles. The van der Waals surface area contributed by atoms with Gasteiger partial charge in [0.25, 0.3) is 0 Å². The van der Waals surface area contributed by atoms with Crippen LogP contribution in [-0.4, -0.2) is 9.97 Å². The molecule has 0 bridgehead atoms. The molecule has 1 fully saturated rings. The Morgan fingerprint density at radius 3 is 3.00 bits per heavy atom. The van der Waals surface area contributed by atoms with Crippen molar-refractivity contribution in [3.8, 4) is 12.3 Å². The standard InChI is InChI=1S/C12H10N2/c1-2-8-3-6-10-11(7-8)14-12(13-10)9-4-5-9/h1,3,6-7,9H,4-5H2,(H,13,14). The van der Waals surface area contributed by atoms with E-state index in [0.717, 1.165) is 22.4 Å². The van der Waals surface area contributed by atoms with Crippen molar-refractivity contribution in [3.63, 3.8) is 0 Å². The van der Waals surface area contributed by atoms with Gasteiger partial charge in [0, 0.05) is 11.5 Å². The zero-order chi connectivity index (χ0) is 9.54. The minimum Gasteiger partial charge on any atom is -0.342 e. The molecule has 2 heteroatoms. The van der Waals surface area contributed by atoms with Crippen LogP contribution in [0.2, 0.25) is 0 Å². The molecule has 2 nitrogen and oxygen atoms in total. The van der Waals surface area contributed by atoms with Gasteiger partial charge >= 0.3 is 0 Å². The molecular weight excluding hydrogens is 172 g/mol. The summed E-state index contributed by atoms with van der Waals surface area (Å²) in [6, 6.07) is 5.90. The number of fused-ring (bicyclic) bond motifs is 1. The number of H-pyrrole nitrogens is 1. The third-order valence-electron chi connectivity index (χ3n) is 2.63. The quantitative estimate of drug-likeness (QED) is 0.674. The van der Waals surface area contributed by atoms with Crippen molar-refractivity contribution in [3.05, 3.63) is 29.6 Å². The fourth-order valence-corrected chi connectivity index (χ4v) is 1.67. The van der Waals surface area contributed by atoms with Gasteiger partial charge in [-0.1, -0.05) is 5.92 Å². The number of aromatic amines is 1. The number of nitrogens with one attached hydrogen (secondary N) is 1. The number of benzene rings is 1. The van der Waals surface area contributed by atoms with Crippen LogP contribution in [0.15, 0.2) is 18.2 Å². The molecule has 0 atom stereocenters. The first-order valence-corrected chi connectivity index (χ1v) is 4.83. The largest absolute Gasteiger partial charge is 0.342 e. The molecule has 3 rings (SSSR count). The summed E-state index contributed by atoms with van der Waals surface area (Å²) >= 11 is 0. The van der Waals surface area contributed by atoms with Crippen LogP contribution in [0.1, 0.15) is 30.1 Å². The van der Waals surface area contributed by atoms with Crippen molar-refractivity contribution >= 4 is 11.0 Å². The fraction of sp³-hybridized carbons (Fsp3) is 0.250. The lowest BCUT2D eigenvalue weighted by atomic mass is 10.2. The molecule has 14 heavy (non-hydrogen) atoms. The number of hydrogen-bond donors (Lipinski definition) is 1. The number of imidazole rings is 1. The first-order chi connectivity index (χ1) is 6.86. The van der Waals surface area contributed by atoms with Gasteiger partial charge in [0.05, 0.1) is 11.0 Å². The molecule has 2 aromatic rings. The SMILES string of the molecule is C#Cc1ccc2[nH]c(C3CC3)nc2c1. The lowest BCUT2D eigenvalue weighted by Crippen LogP contribution is -1.79. The summed E-state index contributed by atoms with van der Waals surface area (Å²) in [6.45, 7) is 0. The fourth-order valence-electron chi connectivity index (χ4n) is 1.67. The topological polar surface area (TPSA) is 28.7 Å². The molecule has 1 aliphatic rings. The second-order valence-corrected chi connectivity index (χ2v) is 3.77. The van der Waals surface area contributed by atoms with E-state index >= 15 is 0 Å². The van der Waals surface area contributed by atoms with Crippen molar-refractivity contribution in [1.82, 2.24) is 9.97 Å². The lowest BCUT2D eigenvalue weighted by Gasteiger charge is -1.88. The Bertz CT molecular complexity index is 527. The third kappa shape index (κ3) is 1.10. The maximum Gasteiger partial charge on any atom is 0.110 e. The molecule has 0 aliphatic heterocycles. The van der Waals surface area contributed by atoms with E-state index in [1.54, 1.807) is 0 Å². The monoisotopic (exact) mass is 182 g/mol. The first-order valence-electron chi connectivity index (χ1n) is 4.83. The Morgan fingerprint density at radius 1 is 1.43 bits per heavy atom. The molecule has 1 aromatic carbocycles. The predicted octanol–water partition coefficient (Wildman–Crippen LogP) is 2.42. The van der Waals surface area contributed by atoms with Crippen LogP contribution in [-0.2, 0) is 0 Å².